The number of alkyl halides is 1. The predicted molar refractivity (Wildman–Crippen MR) is 110 cm³/mol. The van der Waals surface area contributed by atoms with Gasteiger partial charge in [0.05, 0.1) is 29.3 Å². The Kier molecular flexibility index (Phi) is 5.97. The number of hydrogen-bond donors (Lipinski definition) is 2. The van der Waals surface area contributed by atoms with Gasteiger partial charge in [-0.3, -0.25) is 9.48 Å². The third-order valence-electron chi connectivity index (χ3n) is 5.23. The molecule has 7 nitrogen and oxygen atoms in total. The number of nitrogens with one attached hydrogen (secondary N) is 1. The molecule has 2 heterocycles. The summed E-state index contributed by atoms with van der Waals surface area (Å²) >= 11 is 5.81. The molecular formula is C21H19ClF2N5O2. The third kappa shape index (κ3) is 4.42. The standard InChI is InChI=1S/C21H19ClF2N5O2/c1-11-6-17(18(24)19(11)30)27-21-13(8-25-10-26-21)20(31)16-4-5-29(28-16)9-12-2-3-15(23)14(22)7-12/h2-5,7-8,10-11,17-19,30H,1,6,9H2,(H,25,26,27)/t11-,17-,18-,19-/m1/s1. The van der Waals surface area contributed by atoms with Crippen LogP contribution in [0.5, 0.6) is 0 Å². The molecule has 0 aliphatic heterocycles. The van der Waals surface area contributed by atoms with E-state index in [1.165, 1.54) is 35.4 Å². The van der Waals surface area contributed by atoms with Crippen LogP contribution in [0.4, 0.5) is 14.6 Å². The lowest BCUT2D eigenvalue weighted by atomic mass is 10.1. The van der Waals surface area contributed by atoms with Crippen molar-refractivity contribution in [2.24, 2.45) is 5.92 Å². The van der Waals surface area contributed by atoms with Crippen LogP contribution in [0.3, 0.4) is 0 Å². The van der Waals surface area contributed by atoms with E-state index >= 15 is 0 Å². The van der Waals surface area contributed by atoms with Crippen molar-refractivity contribution in [2.45, 2.75) is 31.3 Å². The topological polar surface area (TPSA) is 92.9 Å². The maximum Gasteiger partial charge on any atom is 0.218 e. The summed E-state index contributed by atoms with van der Waals surface area (Å²) in [6.45, 7) is 4.03. The maximum absolute atomic E-state index is 14.3. The second kappa shape index (κ2) is 8.68. The number of halogens is 3. The summed E-state index contributed by atoms with van der Waals surface area (Å²) in [5.41, 5.74) is 0.992. The Labute approximate surface area is 182 Å². The molecule has 2 aromatic heterocycles. The van der Waals surface area contributed by atoms with Crippen LogP contribution in [0, 0.1) is 18.7 Å². The van der Waals surface area contributed by atoms with Crippen molar-refractivity contribution >= 4 is 23.2 Å². The molecule has 3 aromatic rings. The summed E-state index contributed by atoms with van der Waals surface area (Å²) in [4.78, 5) is 21.0. The van der Waals surface area contributed by atoms with Gasteiger partial charge in [0.1, 0.15) is 29.8 Å². The van der Waals surface area contributed by atoms with Crippen LogP contribution in [0.25, 0.3) is 0 Å². The smallest absolute Gasteiger partial charge is 0.218 e. The highest BCUT2D eigenvalue weighted by molar-refractivity contribution is 6.30. The summed E-state index contributed by atoms with van der Waals surface area (Å²) in [5, 5.41) is 17.0. The first-order valence-electron chi connectivity index (χ1n) is 9.57. The third-order valence-corrected chi connectivity index (χ3v) is 5.52. The predicted octanol–water partition coefficient (Wildman–Crippen LogP) is 3.08. The van der Waals surface area contributed by atoms with Crippen LogP contribution in [0.15, 0.2) is 43.0 Å². The second-order valence-electron chi connectivity index (χ2n) is 7.44. The fourth-order valence-corrected chi connectivity index (χ4v) is 3.76. The molecule has 0 bridgehead atoms. The van der Waals surface area contributed by atoms with Crippen LogP contribution in [-0.2, 0) is 6.54 Å². The van der Waals surface area contributed by atoms with E-state index in [2.05, 4.69) is 27.3 Å². The Morgan fingerprint density at radius 1 is 1.39 bits per heavy atom. The minimum Gasteiger partial charge on any atom is -0.390 e. The lowest BCUT2D eigenvalue weighted by Crippen LogP contribution is -2.32. The number of anilines is 1. The molecule has 2 N–H and O–H groups in total. The van der Waals surface area contributed by atoms with Crippen LogP contribution in [-0.4, -0.2) is 49.0 Å². The minimum atomic E-state index is -1.53. The number of nitrogens with zero attached hydrogens (tertiary/aromatic N) is 4. The minimum absolute atomic E-state index is 0.00539. The highest BCUT2D eigenvalue weighted by Gasteiger charge is 2.41. The van der Waals surface area contributed by atoms with E-state index in [9.17, 15) is 18.7 Å². The van der Waals surface area contributed by atoms with Gasteiger partial charge in [0.2, 0.25) is 5.78 Å². The first-order chi connectivity index (χ1) is 14.8. The molecule has 1 aliphatic carbocycles. The van der Waals surface area contributed by atoms with E-state index in [0.29, 0.717) is 6.42 Å². The van der Waals surface area contributed by atoms with Gasteiger partial charge >= 0.3 is 0 Å². The number of aromatic nitrogens is 4. The number of carbonyl (C=O) groups is 1. The number of carbonyl (C=O) groups excluding carboxylic acids is 1. The zero-order valence-electron chi connectivity index (χ0n) is 16.3. The molecule has 1 aliphatic rings. The molecule has 10 heteroatoms. The molecule has 0 saturated heterocycles. The highest BCUT2D eigenvalue weighted by Crippen LogP contribution is 2.31. The van der Waals surface area contributed by atoms with Gasteiger partial charge in [-0.25, -0.2) is 18.7 Å². The Morgan fingerprint density at radius 3 is 2.90 bits per heavy atom. The first kappa shape index (κ1) is 21.3. The molecule has 31 heavy (non-hydrogen) atoms. The Bertz CT molecular complexity index is 1110. The molecule has 1 fully saturated rings. The Morgan fingerprint density at radius 2 is 2.19 bits per heavy atom. The van der Waals surface area contributed by atoms with Crippen molar-refractivity contribution in [2.75, 3.05) is 5.32 Å². The van der Waals surface area contributed by atoms with E-state index in [1.54, 1.807) is 12.3 Å². The molecule has 1 saturated carbocycles. The van der Waals surface area contributed by atoms with Gasteiger partial charge in [0.15, 0.2) is 0 Å². The fourth-order valence-electron chi connectivity index (χ4n) is 3.55. The zero-order chi connectivity index (χ0) is 22.1. The van der Waals surface area contributed by atoms with E-state index in [0.717, 1.165) is 5.56 Å². The fraction of sp³-hybridized carbons (Fsp3) is 0.286. The average molecular weight is 447 g/mol. The van der Waals surface area contributed by atoms with Gasteiger partial charge in [-0.2, -0.15) is 5.10 Å². The number of rotatable bonds is 6. The number of benzene rings is 1. The van der Waals surface area contributed by atoms with E-state index in [4.69, 9.17) is 11.6 Å². The van der Waals surface area contributed by atoms with Crippen molar-refractivity contribution in [3.05, 3.63) is 77.6 Å². The van der Waals surface area contributed by atoms with Gasteiger partial charge in [0.25, 0.3) is 0 Å². The Balaban J connectivity index is 1.52. The van der Waals surface area contributed by atoms with Gasteiger partial charge in [-0.15, -0.1) is 0 Å². The largest absolute Gasteiger partial charge is 0.390 e. The molecule has 1 radical (unpaired) electrons. The molecule has 0 spiro atoms. The second-order valence-corrected chi connectivity index (χ2v) is 7.85. The molecule has 0 amide bonds. The Hall–Kier alpha value is -2.91. The molecular weight excluding hydrogens is 428 g/mol. The zero-order valence-corrected chi connectivity index (χ0v) is 17.0. The van der Waals surface area contributed by atoms with Crippen LogP contribution < -0.4 is 5.32 Å². The van der Waals surface area contributed by atoms with Gasteiger partial charge in [0, 0.05) is 12.4 Å². The van der Waals surface area contributed by atoms with E-state index in [1.807, 2.05) is 0 Å². The van der Waals surface area contributed by atoms with Crippen molar-refractivity contribution in [3.63, 3.8) is 0 Å². The molecule has 0 unspecified atom stereocenters. The lowest BCUT2D eigenvalue weighted by Gasteiger charge is -2.18. The summed E-state index contributed by atoms with van der Waals surface area (Å²) in [7, 11) is 0. The number of hydrogen-bond acceptors (Lipinski definition) is 6. The molecule has 4 atom stereocenters. The molecule has 4 rings (SSSR count). The SMILES string of the molecule is [CH2][C@@H]1C[C@@H](Nc2ncncc2C(=O)c2ccn(Cc3ccc(F)c(Cl)c3)n2)[C@@H](F)[C@@H]1O. The average Bonchev–Trinajstić information content (AvgIpc) is 3.31. The lowest BCUT2D eigenvalue weighted by molar-refractivity contribution is 0.0793. The summed E-state index contributed by atoms with van der Waals surface area (Å²) < 4.78 is 29.2. The molecule has 1 aromatic carbocycles. The van der Waals surface area contributed by atoms with Crippen molar-refractivity contribution in [3.8, 4) is 0 Å². The van der Waals surface area contributed by atoms with Crippen LogP contribution in [0.2, 0.25) is 5.02 Å². The van der Waals surface area contributed by atoms with Crippen molar-refractivity contribution < 1.29 is 18.7 Å². The monoisotopic (exact) mass is 446 g/mol. The van der Waals surface area contributed by atoms with E-state index in [-0.39, 0.29) is 28.6 Å². The van der Waals surface area contributed by atoms with Crippen LogP contribution >= 0.6 is 11.6 Å². The van der Waals surface area contributed by atoms with Gasteiger partial charge < -0.3 is 10.4 Å². The van der Waals surface area contributed by atoms with E-state index < -0.39 is 35.8 Å². The number of aliphatic hydroxyl groups excluding tert-OH is 1. The first-order valence-corrected chi connectivity index (χ1v) is 9.95. The highest BCUT2D eigenvalue weighted by atomic mass is 35.5. The van der Waals surface area contributed by atoms with Gasteiger partial charge in [-0.1, -0.05) is 17.7 Å². The summed E-state index contributed by atoms with van der Waals surface area (Å²) in [5.74, 6) is -1.25. The number of ketones is 1. The summed E-state index contributed by atoms with van der Waals surface area (Å²) in [6, 6.07) is 5.15. The molecule has 161 valence electrons. The quantitative estimate of drug-likeness (QED) is 0.565. The van der Waals surface area contributed by atoms with Crippen molar-refractivity contribution in [1.29, 1.82) is 0 Å². The van der Waals surface area contributed by atoms with Crippen molar-refractivity contribution in [1.82, 2.24) is 19.7 Å². The number of aliphatic hydroxyl groups is 1. The van der Waals surface area contributed by atoms with Crippen LogP contribution in [0.1, 0.15) is 28.0 Å². The maximum atomic E-state index is 14.3. The summed E-state index contributed by atoms with van der Waals surface area (Å²) in [6.07, 6.45) is 1.79. The van der Waals surface area contributed by atoms with Gasteiger partial charge in [-0.05, 0) is 43.0 Å². The normalized spacial score (nSPS) is 23.1.